The van der Waals surface area contributed by atoms with Crippen LogP contribution in [0.15, 0.2) is 73.1 Å². The fourth-order valence-corrected chi connectivity index (χ4v) is 4.03. The van der Waals surface area contributed by atoms with Crippen LogP contribution in [0, 0.1) is 6.92 Å². The average Bonchev–Trinajstić information content (AvgIpc) is 3.47. The number of primary amides is 1. The van der Waals surface area contributed by atoms with Gasteiger partial charge in [0.05, 0.1) is 11.4 Å². The number of carbonyl (C=O) groups is 2. The van der Waals surface area contributed by atoms with E-state index in [2.05, 4.69) is 33.9 Å². The Hall–Kier alpha value is -4.13. The summed E-state index contributed by atoms with van der Waals surface area (Å²) in [4.78, 5) is 22.5. The Balaban J connectivity index is 1.73. The fourth-order valence-electron chi connectivity index (χ4n) is 4.03. The molecule has 2 heterocycles. The number of carboxylic acid groups (broad SMARTS) is 1. The summed E-state index contributed by atoms with van der Waals surface area (Å²) in [6.45, 7) is 1.96. The zero-order chi connectivity index (χ0) is 23.4. The Morgan fingerprint density at radius 1 is 1.03 bits per heavy atom. The predicted octanol–water partition coefficient (Wildman–Crippen LogP) is 4.53. The lowest BCUT2D eigenvalue weighted by atomic mass is 10.1. The molecule has 7 nitrogen and oxygen atoms in total. The van der Waals surface area contributed by atoms with Gasteiger partial charge in [-0.05, 0) is 85.8 Å². The zero-order valence-corrected chi connectivity index (χ0v) is 18.4. The number of rotatable bonds is 9. The molecule has 0 fully saturated rings. The van der Waals surface area contributed by atoms with E-state index in [9.17, 15) is 9.59 Å². The van der Waals surface area contributed by atoms with Crippen molar-refractivity contribution in [3.05, 3.63) is 89.9 Å². The van der Waals surface area contributed by atoms with Crippen LogP contribution in [0.25, 0.3) is 22.6 Å². The average molecular weight is 443 g/mol. The van der Waals surface area contributed by atoms with Crippen LogP contribution >= 0.6 is 0 Å². The number of aryl methyl sites for hydroxylation is 2. The highest BCUT2D eigenvalue weighted by Crippen LogP contribution is 2.30. The Bertz CT molecular complexity index is 1270. The second-order valence-corrected chi connectivity index (χ2v) is 8.01. The lowest BCUT2D eigenvalue weighted by molar-refractivity contribution is -0.137. The van der Waals surface area contributed by atoms with Gasteiger partial charge in [0.15, 0.2) is 0 Å². The van der Waals surface area contributed by atoms with E-state index in [1.54, 1.807) is 18.3 Å². The SMILES string of the molecule is Cc1cc(C(N)=O)ccc1-n1c(CCCCC(=O)O)ccc1-c1ccc(-n2cccn2)cc1. The third-order valence-electron chi connectivity index (χ3n) is 5.69. The first-order chi connectivity index (χ1) is 15.9. The molecule has 0 spiro atoms. The van der Waals surface area contributed by atoms with Gasteiger partial charge in [-0.15, -0.1) is 0 Å². The van der Waals surface area contributed by atoms with Crippen molar-refractivity contribution in [2.24, 2.45) is 5.73 Å². The molecule has 7 heteroatoms. The van der Waals surface area contributed by atoms with E-state index < -0.39 is 11.9 Å². The van der Waals surface area contributed by atoms with Gasteiger partial charge in [0, 0.05) is 35.8 Å². The standard InChI is InChI=1S/C26H26N4O3/c1-18-17-20(26(27)33)9-13-23(18)30-22(5-2-3-6-25(31)32)12-14-24(30)19-7-10-21(11-8-19)29-16-4-15-28-29/h4,7-17H,2-3,5-6H2,1H3,(H2,27,33)(H,31,32). The maximum atomic E-state index is 11.6. The van der Waals surface area contributed by atoms with Gasteiger partial charge in [-0.25, -0.2) is 4.68 Å². The Morgan fingerprint density at radius 2 is 1.82 bits per heavy atom. The molecule has 4 aromatic rings. The van der Waals surface area contributed by atoms with Crippen LogP contribution < -0.4 is 5.73 Å². The monoisotopic (exact) mass is 442 g/mol. The van der Waals surface area contributed by atoms with Gasteiger partial charge >= 0.3 is 5.97 Å². The summed E-state index contributed by atoms with van der Waals surface area (Å²) in [7, 11) is 0. The Morgan fingerprint density at radius 3 is 2.45 bits per heavy atom. The molecule has 0 unspecified atom stereocenters. The van der Waals surface area contributed by atoms with E-state index in [0.29, 0.717) is 12.0 Å². The minimum atomic E-state index is -0.777. The van der Waals surface area contributed by atoms with Crippen LogP contribution in [0.4, 0.5) is 0 Å². The van der Waals surface area contributed by atoms with Gasteiger partial charge in [0.2, 0.25) is 5.91 Å². The number of aliphatic carboxylic acids is 1. The normalized spacial score (nSPS) is 10.9. The van der Waals surface area contributed by atoms with Crippen LogP contribution in [0.2, 0.25) is 0 Å². The molecular weight excluding hydrogens is 416 g/mol. The van der Waals surface area contributed by atoms with Crippen LogP contribution in [0.1, 0.15) is 40.9 Å². The van der Waals surface area contributed by atoms with E-state index in [1.807, 2.05) is 42.1 Å². The van der Waals surface area contributed by atoms with Crippen molar-refractivity contribution in [2.45, 2.75) is 32.6 Å². The lowest BCUT2D eigenvalue weighted by Gasteiger charge is -2.17. The number of amides is 1. The van der Waals surface area contributed by atoms with Gasteiger partial charge in [0.25, 0.3) is 0 Å². The molecule has 0 saturated heterocycles. The van der Waals surface area contributed by atoms with E-state index in [-0.39, 0.29) is 6.42 Å². The minimum absolute atomic E-state index is 0.162. The molecule has 33 heavy (non-hydrogen) atoms. The first-order valence-electron chi connectivity index (χ1n) is 10.9. The summed E-state index contributed by atoms with van der Waals surface area (Å²) in [5.74, 6) is -1.23. The molecule has 3 N–H and O–H groups in total. The minimum Gasteiger partial charge on any atom is -0.481 e. The van der Waals surface area contributed by atoms with Crippen molar-refractivity contribution in [1.29, 1.82) is 0 Å². The molecule has 0 radical (unpaired) electrons. The Kier molecular flexibility index (Phi) is 6.40. The number of aromatic nitrogens is 3. The highest BCUT2D eigenvalue weighted by Gasteiger charge is 2.15. The van der Waals surface area contributed by atoms with Crippen LogP contribution in [-0.4, -0.2) is 31.3 Å². The smallest absolute Gasteiger partial charge is 0.303 e. The molecule has 2 aromatic carbocycles. The summed E-state index contributed by atoms with van der Waals surface area (Å²) in [6.07, 6.45) is 5.94. The summed E-state index contributed by atoms with van der Waals surface area (Å²) in [5, 5.41) is 13.2. The maximum absolute atomic E-state index is 11.6. The number of hydrogen-bond donors (Lipinski definition) is 2. The van der Waals surface area contributed by atoms with Gasteiger partial charge in [0.1, 0.15) is 0 Å². The molecule has 0 saturated carbocycles. The third-order valence-corrected chi connectivity index (χ3v) is 5.69. The molecule has 168 valence electrons. The molecule has 0 aliphatic rings. The summed E-state index contributed by atoms with van der Waals surface area (Å²) >= 11 is 0. The Labute approximate surface area is 192 Å². The number of carboxylic acids is 1. The van der Waals surface area contributed by atoms with Crippen molar-refractivity contribution in [2.75, 3.05) is 0 Å². The van der Waals surface area contributed by atoms with E-state index in [0.717, 1.165) is 46.7 Å². The number of nitrogens with zero attached hydrogens (tertiary/aromatic N) is 3. The number of hydrogen-bond acceptors (Lipinski definition) is 3. The molecule has 1 amide bonds. The second kappa shape index (κ2) is 9.56. The second-order valence-electron chi connectivity index (χ2n) is 8.01. The molecule has 2 aromatic heterocycles. The summed E-state index contributed by atoms with van der Waals surface area (Å²) in [5.41, 5.74) is 11.9. The van der Waals surface area contributed by atoms with E-state index in [1.165, 1.54) is 0 Å². The van der Waals surface area contributed by atoms with E-state index in [4.69, 9.17) is 10.8 Å². The fraction of sp³-hybridized carbons (Fsp3) is 0.192. The maximum Gasteiger partial charge on any atom is 0.303 e. The van der Waals surface area contributed by atoms with Crippen molar-refractivity contribution < 1.29 is 14.7 Å². The van der Waals surface area contributed by atoms with E-state index >= 15 is 0 Å². The molecular formula is C26H26N4O3. The topological polar surface area (TPSA) is 103 Å². The van der Waals surface area contributed by atoms with Gasteiger partial charge in [-0.1, -0.05) is 12.1 Å². The largest absolute Gasteiger partial charge is 0.481 e. The zero-order valence-electron chi connectivity index (χ0n) is 18.4. The predicted molar refractivity (Wildman–Crippen MR) is 127 cm³/mol. The number of nitrogens with two attached hydrogens (primary N) is 1. The highest BCUT2D eigenvalue weighted by molar-refractivity contribution is 5.93. The van der Waals surface area contributed by atoms with Crippen molar-refractivity contribution in [3.8, 4) is 22.6 Å². The summed E-state index contributed by atoms with van der Waals surface area (Å²) in [6, 6.07) is 19.7. The number of benzene rings is 2. The lowest BCUT2D eigenvalue weighted by Crippen LogP contribution is -2.12. The highest BCUT2D eigenvalue weighted by atomic mass is 16.4. The van der Waals surface area contributed by atoms with Gasteiger partial charge < -0.3 is 15.4 Å². The first-order valence-corrected chi connectivity index (χ1v) is 10.9. The molecule has 0 atom stereocenters. The van der Waals surface area contributed by atoms with Crippen molar-refractivity contribution in [1.82, 2.24) is 14.3 Å². The molecule has 0 aliphatic carbocycles. The quantitative estimate of drug-likeness (QED) is 0.372. The van der Waals surface area contributed by atoms with Crippen LogP contribution in [-0.2, 0) is 11.2 Å². The van der Waals surface area contributed by atoms with Gasteiger partial charge in [-0.3, -0.25) is 9.59 Å². The van der Waals surface area contributed by atoms with Crippen LogP contribution in [0.3, 0.4) is 0 Å². The van der Waals surface area contributed by atoms with Crippen LogP contribution in [0.5, 0.6) is 0 Å². The third kappa shape index (κ3) is 4.87. The number of carbonyl (C=O) groups excluding carboxylic acids is 1. The summed E-state index contributed by atoms with van der Waals surface area (Å²) < 4.78 is 3.99. The van der Waals surface area contributed by atoms with Crippen molar-refractivity contribution >= 4 is 11.9 Å². The molecule has 0 aliphatic heterocycles. The molecule has 4 rings (SSSR count). The van der Waals surface area contributed by atoms with Crippen molar-refractivity contribution in [3.63, 3.8) is 0 Å². The first kappa shape index (κ1) is 22.1. The molecule has 0 bridgehead atoms. The number of unbranched alkanes of at least 4 members (excludes halogenated alkanes) is 1. The van der Waals surface area contributed by atoms with Gasteiger partial charge in [-0.2, -0.15) is 5.10 Å².